The first-order valence-corrected chi connectivity index (χ1v) is 5.85. The lowest BCUT2D eigenvalue weighted by molar-refractivity contribution is 0.0531. The highest BCUT2D eigenvalue weighted by Gasteiger charge is 2.18. The van der Waals surface area contributed by atoms with Crippen molar-refractivity contribution in [3.8, 4) is 0 Å². The van der Waals surface area contributed by atoms with Gasteiger partial charge in [-0.15, -0.1) is 11.3 Å². The number of thiophene rings is 1. The van der Waals surface area contributed by atoms with Crippen molar-refractivity contribution < 1.29 is 9.53 Å². The molecular weight excluding hydrogens is 240 g/mol. The van der Waals surface area contributed by atoms with Gasteiger partial charge < -0.3 is 10.6 Å². The lowest BCUT2D eigenvalue weighted by Gasteiger charge is -2.00. The summed E-state index contributed by atoms with van der Waals surface area (Å²) in [5, 5.41) is 8.44. The summed E-state index contributed by atoms with van der Waals surface area (Å²) in [6, 6.07) is 0. The van der Waals surface area contributed by atoms with Crippen LogP contribution in [0.15, 0.2) is 6.33 Å². The van der Waals surface area contributed by atoms with Gasteiger partial charge in [0.25, 0.3) is 0 Å². The minimum Gasteiger partial charge on any atom is -0.462 e. The topological polar surface area (TPSA) is 94.0 Å². The molecule has 6 nitrogen and oxygen atoms in total. The first kappa shape index (κ1) is 11.6. The molecule has 3 N–H and O–H groups in total. The van der Waals surface area contributed by atoms with Crippen molar-refractivity contribution in [1.82, 2.24) is 9.66 Å². The maximum atomic E-state index is 11.7. The third kappa shape index (κ3) is 1.78. The molecule has 0 aromatic carbocycles. The Kier molecular flexibility index (Phi) is 2.84. The van der Waals surface area contributed by atoms with Crippen LogP contribution >= 0.6 is 11.3 Å². The summed E-state index contributed by atoms with van der Waals surface area (Å²) in [6.45, 7) is 3.85. The monoisotopic (exact) mass is 252 g/mol. The minimum absolute atomic E-state index is 0.138. The number of nitrogens with two attached hydrogens (primary N) is 1. The van der Waals surface area contributed by atoms with Gasteiger partial charge in [0, 0.05) is 0 Å². The Morgan fingerprint density at radius 3 is 3.06 bits per heavy atom. The average molecular weight is 252 g/mol. The van der Waals surface area contributed by atoms with Crippen LogP contribution in [0.3, 0.4) is 0 Å². The number of nitrogens with one attached hydrogen (secondary N) is 1. The van der Waals surface area contributed by atoms with Crippen molar-refractivity contribution >= 4 is 27.5 Å². The molecule has 17 heavy (non-hydrogen) atoms. The molecule has 0 fully saturated rings. The summed E-state index contributed by atoms with van der Waals surface area (Å²) in [5.74, 6) is 5.18. The van der Waals surface area contributed by atoms with Crippen molar-refractivity contribution in [3.63, 3.8) is 0 Å². The second-order valence-electron chi connectivity index (χ2n) is 3.46. The molecule has 7 heteroatoms. The molecule has 0 aliphatic rings. The number of hydrogen-bond acceptors (Lipinski definition) is 6. The molecule has 0 bridgehead atoms. The second-order valence-corrected chi connectivity index (χ2v) is 4.46. The van der Waals surface area contributed by atoms with E-state index < -0.39 is 0 Å². The maximum absolute atomic E-state index is 11.7. The number of carbonyl (C=O) groups excluding carboxylic acids is 1. The Morgan fingerprint density at radius 2 is 2.41 bits per heavy atom. The number of aromatic nitrogens is 2. The van der Waals surface area contributed by atoms with Crippen LogP contribution in [0.1, 0.15) is 22.2 Å². The largest absolute Gasteiger partial charge is 0.462 e. The van der Waals surface area contributed by atoms with E-state index in [2.05, 4.69) is 4.98 Å². The maximum Gasteiger partial charge on any atom is 0.348 e. The first-order chi connectivity index (χ1) is 8.06. The quantitative estimate of drug-likeness (QED) is 0.610. The number of nitrogens with zero attached hydrogens (tertiary/aromatic N) is 2. The van der Waals surface area contributed by atoms with Gasteiger partial charge in [-0.3, -0.25) is 5.41 Å². The van der Waals surface area contributed by atoms with Gasteiger partial charge in [-0.05, 0) is 19.4 Å². The first-order valence-electron chi connectivity index (χ1n) is 5.03. The van der Waals surface area contributed by atoms with E-state index in [0.717, 1.165) is 4.68 Å². The van der Waals surface area contributed by atoms with Crippen LogP contribution in [0.5, 0.6) is 0 Å². The predicted octanol–water partition coefficient (Wildman–Crippen LogP) is 0.776. The minimum atomic E-state index is -0.379. The smallest absolute Gasteiger partial charge is 0.348 e. The summed E-state index contributed by atoms with van der Waals surface area (Å²) in [4.78, 5) is 16.9. The van der Waals surface area contributed by atoms with E-state index in [0.29, 0.717) is 27.3 Å². The molecule has 0 unspecified atom stereocenters. The van der Waals surface area contributed by atoms with E-state index in [-0.39, 0.29) is 11.5 Å². The summed E-state index contributed by atoms with van der Waals surface area (Å²) in [5.41, 5.74) is 0.833. The van der Waals surface area contributed by atoms with Gasteiger partial charge in [0.2, 0.25) is 0 Å². The van der Waals surface area contributed by atoms with Crippen LogP contribution in [0.2, 0.25) is 0 Å². The Labute approximate surface area is 101 Å². The SMILES string of the molecule is CCOC(=O)c1sc2ncn(N)c(=N)c2c1C. The Hall–Kier alpha value is -1.89. The van der Waals surface area contributed by atoms with E-state index in [9.17, 15) is 4.79 Å². The van der Waals surface area contributed by atoms with Crippen LogP contribution in [0.25, 0.3) is 10.2 Å². The van der Waals surface area contributed by atoms with E-state index in [1.54, 1.807) is 13.8 Å². The molecule has 0 atom stereocenters. The zero-order valence-corrected chi connectivity index (χ0v) is 10.3. The molecule has 0 spiro atoms. The van der Waals surface area contributed by atoms with Gasteiger partial charge in [-0.1, -0.05) is 0 Å². The van der Waals surface area contributed by atoms with Gasteiger partial charge in [-0.2, -0.15) is 0 Å². The molecule has 0 radical (unpaired) electrons. The normalized spacial score (nSPS) is 10.7. The molecule has 0 aliphatic heterocycles. The molecule has 2 aromatic heterocycles. The van der Waals surface area contributed by atoms with Crippen molar-refractivity contribution in [2.24, 2.45) is 0 Å². The highest BCUT2D eigenvalue weighted by atomic mass is 32.1. The van der Waals surface area contributed by atoms with Gasteiger partial charge in [0.05, 0.1) is 12.0 Å². The van der Waals surface area contributed by atoms with Crippen LogP contribution < -0.4 is 11.3 Å². The lowest BCUT2D eigenvalue weighted by Crippen LogP contribution is -2.27. The van der Waals surface area contributed by atoms with Crippen LogP contribution in [-0.2, 0) is 4.74 Å². The van der Waals surface area contributed by atoms with Crippen molar-refractivity contribution in [3.05, 3.63) is 22.3 Å². The number of carbonyl (C=O) groups is 1. The Bertz CT molecular complexity index is 644. The average Bonchev–Trinajstić information content (AvgIpc) is 2.62. The zero-order chi connectivity index (χ0) is 12.6. The number of aryl methyl sites for hydroxylation is 1. The fourth-order valence-corrected chi connectivity index (χ4v) is 2.60. The van der Waals surface area contributed by atoms with Crippen LogP contribution in [-0.4, -0.2) is 22.2 Å². The van der Waals surface area contributed by atoms with E-state index in [1.165, 1.54) is 17.7 Å². The number of hydrogen-bond donors (Lipinski definition) is 2. The molecule has 90 valence electrons. The summed E-state index contributed by atoms with van der Waals surface area (Å²) < 4.78 is 6.07. The number of ether oxygens (including phenoxy) is 1. The third-order valence-corrected chi connectivity index (χ3v) is 3.56. The van der Waals surface area contributed by atoms with E-state index in [1.807, 2.05) is 0 Å². The second kappa shape index (κ2) is 4.17. The molecular formula is C10H12N4O2S. The summed E-state index contributed by atoms with van der Waals surface area (Å²) in [6.07, 6.45) is 1.36. The van der Waals surface area contributed by atoms with E-state index in [4.69, 9.17) is 16.0 Å². The third-order valence-electron chi connectivity index (χ3n) is 2.38. The van der Waals surface area contributed by atoms with Crippen molar-refractivity contribution in [2.45, 2.75) is 13.8 Å². The lowest BCUT2D eigenvalue weighted by atomic mass is 10.2. The van der Waals surface area contributed by atoms with Crippen molar-refractivity contribution in [2.75, 3.05) is 12.4 Å². The fourth-order valence-electron chi connectivity index (χ4n) is 1.56. The van der Waals surface area contributed by atoms with Crippen LogP contribution in [0.4, 0.5) is 0 Å². The molecule has 2 rings (SSSR count). The van der Waals surface area contributed by atoms with Gasteiger partial charge in [-0.25, -0.2) is 14.5 Å². The van der Waals surface area contributed by atoms with Crippen molar-refractivity contribution in [1.29, 1.82) is 5.41 Å². The molecule has 0 amide bonds. The number of fused-ring (bicyclic) bond motifs is 1. The standard InChI is InChI=1S/C10H12N4O2S/c1-3-16-10(15)7-5(2)6-8(11)14(12)4-13-9(6)17-7/h4,11H,3,12H2,1-2H3. The Morgan fingerprint density at radius 1 is 1.71 bits per heavy atom. The molecule has 2 aromatic rings. The molecule has 2 heterocycles. The zero-order valence-electron chi connectivity index (χ0n) is 9.48. The highest BCUT2D eigenvalue weighted by molar-refractivity contribution is 7.20. The molecule has 0 saturated carbocycles. The summed E-state index contributed by atoms with van der Waals surface area (Å²) in [7, 11) is 0. The Balaban J connectivity index is 2.70. The van der Waals surface area contributed by atoms with Gasteiger partial charge >= 0.3 is 5.97 Å². The number of rotatable bonds is 2. The summed E-state index contributed by atoms with van der Waals surface area (Å²) >= 11 is 1.22. The molecule has 0 aliphatic carbocycles. The van der Waals surface area contributed by atoms with Crippen LogP contribution in [0, 0.1) is 12.3 Å². The highest BCUT2D eigenvalue weighted by Crippen LogP contribution is 2.27. The van der Waals surface area contributed by atoms with Gasteiger partial charge in [0.1, 0.15) is 16.0 Å². The van der Waals surface area contributed by atoms with Gasteiger partial charge in [0.15, 0.2) is 5.49 Å². The van der Waals surface area contributed by atoms with E-state index >= 15 is 0 Å². The molecule has 0 saturated heterocycles. The predicted molar refractivity (Wildman–Crippen MR) is 64.3 cm³/mol. The number of nitrogen functional groups attached to an aromatic ring is 1. The number of esters is 1. The fraction of sp³-hybridized carbons (Fsp3) is 0.300.